The zero-order valence-electron chi connectivity index (χ0n) is 9.73. The fraction of sp³-hybridized carbons (Fsp3) is 0.364. The number of hydrogen-bond acceptors (Lipinski definition) is 3. The van der Waals surface area contributed by atoms with Crippen molar-refractivity contribution in [3.05, 3.63) is 27.1 Å². The van der Waals surface area contributed by atoms with Gasteiger partial charge in [-0.15, -0.1) is 0 Å². The molecule has 0 aromatic heterocycles. The van der Waals surface area contributed by atoms with Crippen LogP contribution in [0.15, 0.2) is 32.0 Å². The van der Waals surface area contributed by atoms with Crippen LogP contribution >= 0.6 is 31.9 Å². The summed E-state index contributed by atoms with van der Waals surface area (Å²) in [6, 6.07) is 6.94. The molecule has 0 aliphatic carbocycles. The van der Waals surface area contributed by atoms with Gasteiger partial charge in [0.25, 0.3) is 0 Å². The summed E-state index contributed by atoms with van der Waals surface area (Å²) in [5, 5.41) is 8.56. The van der Waals surface area contributed by atoms with Crippen molar-refractivity contribution in [2.75, 3.05) is 13.1 Å². The fourth-order valence-electron chi connectivity index (χ4n) is 1.44. The first kappa shape index (κ1) is 15.6. The topological polar surface area (TPSA) is 61.2 Å². The lowest BCUT2D eigenvalue weighted by atomic mass is 10.4. The van der Waals surface area contributed by atoms with Gasteiger partial charge in [-0.3, -0.25) is 0 Å². The van der Waals surface area contributed by atoms with Crippen LogP contribution in [0, 0.1) is 11.3 Å². The van der Waals surface area contributed by atoms with E-state index >= 15 is 0 Å². The standard InChI is InChI=1S/C11H12Br2N2O2S/c1-2-15(7-3-6-14)18(16,17)11-8-9(12)4-5-10(11)13/h4-5,8H,2-3,7H2,1H3. The molecule has 0 saturated carbocycles. The number of halogens is 2. The van der Waals surface area contributed by atoms with Gasteiger partial charge in [0.15, 0.2) is 0 Å². The highest BCUT2D eigenvalue weighted by Gasteiger charge is 2.25. The lowest BCUT2D eigenvalue weighted by molar-refractivity contribution is 0.434. The average molecular weight is 396 g/mol. The van der Waals surface area contributed by atoms with Crippen LogP contribution in [0.3, 0.4) is 0 Å². The quantitative estimate of drug-likeness (QED) is 0.769. The van der Waals surface area contributed by atoms with E-state index in [2.05, 4.69) is 31.9 Å². The minimum Gasteiger partial charge on any atom is -0.207 e. The number of rotatable bonds is 5. The second kappa shape index (κ2) is 6.66. The number of sulfonamides is 1. The molecule has 7 heteroatoms. The van der Waals surface area contributed by atoms with Crippen LogP contribution in [0.5, 0.6) is 0 Å². The molecule has 0 fully saturated rings. The van der Waals surface area contributed by atoms with Gasteiger partial charge in [0, 0.05) is 28.5 Å². The van der Waals surface area contributed by atoms with Gasteiger partial charge in [0.1, 0.15) is 0 Å². The maximum Gasteiger partial charge on any atom is 0.244 e. The van der Waals surface area contributed by atoms with E-state index in [9.17, 15) is 8.42 Å². The van der Waals surface area contributed by atoms with Crippen LogP contribution in [0.2, 0.25) is 0 Å². The Morgan fingerprint density at radius 3 is 2.61 bits per heavy atom. The molecule has 98 valence electrons. The third-order valence-electron chi connectivity index (χ3n) is 2.34. The molecule has 0 atom stereocenters. The van der Waals surface area contributed by atoms with Crippen LogP contribution in [0.4, 0.5) is 0 Å². The van der Waals surface area contributed by atoms with Gasteiger partial charge < -0.3 is 0 Å². The van der Waals surface area contributed by atoms with Crippen LogP contribution < -0.4 is 0 Å². The molecule has 0 amide bonds. The molecule has 0 spiro atoms. The summed E-state index contributed by atoms with van der Waals surface area (Å²) in [6.45, 7) is 2.29. The number of benzene rings is 1. The Hall–Kier alpha value is -0.420. The largest absolute Gasteiger partial charge is 0.244 e. The van der Waals surface area contributed by atoms with Crippen molar-refractivity contribution in [1.82, 2.24) is 4.31 Å². The van der Waals surface area contributed by atoms with Crippen LogP contribution in [0.1, 0.15) is 13.3 Å². The monoisotopic (exact) mass is 394 g/mol. The Kier molecular flexibility index (Phi) is 5.79. The Bertz CT molecular complexity index is 567. The van der Waals surface area contributed by atoms with Crippen molar-refractivity contribution in [2.24, 2.45) is 0 Å². The zero-order valence-corrected chi connectivity index (χ0v) is 13.7. The molecular weight excluding hydrogens is 384 g/mol. The van der Waals surface area contributed by atoms with Crippen LogP contribution in [-0.2, 0) is 10.0 Å². The summed E-state index contributed by atoms with van der Waals surface area (Å²) in [6.07, 6.45) is 0.179. The van der Waals surface area contributed by atoms with Crippen molar-refractivity contribution in [3.63, 3.8) is 0 Å². The maximum atomic E-state index is 12.4. The van der Waals surface area contributed by atoms with E-state index in [1.54, 1.807) is 25.1 Å². The van der Waals surface area contributed by atoms with E-state index in [4.69, 9.17) is 5.26 Å². The number of nitrogens with zero attached hydrogens (tertiary/aromatic N) is 2. The Labute approximate surface area is 124 Å². The van der Waals surface area contributed by atoms with Gasteiger partial charge in [0.05, 0.1) is 11.0 Å². The van der Waals surface area contributed by atoms with Gasteiger partial charge in [-0.1, -0.05) is 22.9 Å². The molecule has 1 rings (SSSR count). The third kappa shape index (κ3) is 3.54. The van der Waals surface area contributed by atoms with E-state index < -0.39 is 10.0 Å². The molecular formula is C11H12Br2N2O2S. The second-order valence-corrected chi connectivity index (χ2v) is 7.16. The molecule has 4 nitrogen and oxygen atoms in total. The summed E-state index contributed by atoms with van der Waals surface area (Å²) in [5.41, 5.74) is 0. The summed E-state index contributed by atoms with van der Waals surface area (Å²) < 4.78 is 27.3. The molecule has 0 unspecified atom stereocenters. The second-order valence-electron chi connectivity index (χ2n) is 3.48. The highest BCUT2D eigenvalue weighted by molar-refractivity contribution is 9.11. The van der Waals surface area contributed by atoms with E-state index in [-0.39, 0.29) is 17.9 Å². The van der Waals surface area contributed by atoms with E-state index in [0.717, 1.165) is 0 Å². The normalized spacial score (nSPS) is 11.5. The first-order chi connectivity index (χ1) is 8.43. The molecule has 0 radical (unpaired) electrons. The maximum absolute atomic E-state index is 12.4. The van der Waals surface area contributed by atoms with Crippen LogP contribution in [0.25, 0.3) is 0 Å². The average Bonchev–Trinajstić information content (AvgIpc) is 2.33. The van der Waals surface area contributed by atoms with Gasteiger partial charge in [-0.2, -0.15) is 9.57 Å². The van der Waals surface area contributed by atoms with Crippen molar-refractivity contribution in [3.8, 4) is 6.07 Å². The first-order valence-corrected chi connectivity index (χ1v) is 8.28. The van der Waals surface area contributed by atoms with E-state index in [1.807, 2.05) is 6.07 Å². The van der Waals surface area contributed by atoms with Crippen molar-refractivity contribution in [1.29, 1.82) is 5.26 Å². The smallest absolute Gasteiger partial charge is 0.207 e. The number of hydrogen-bond donors (Lipinski definition) is 0. The minimum atomic E-state index is -3.57. The molecule has 0 saturated heterocycles. The molecule has 1 aromatic rings. The molecule has 1 aromatic carbocycles. The predicted octanol–water partition coefficient (Wildman–Crippen LogP) is 3.14. The predicted molar refractivity (Wildman–Crippen MR) is 76.5 cm³/mol. The van der Waals surface area contributed by atoms with Crippen molar-refractivity contribution >= 4 is 41.9 Å². The highest BCUT2D eigenvalue weighted by Crippen LogP contribution is 2.28. The first-order valence-electron chi connectivity index (χ1n) is 5.25. The summed E-state index contributed by atoms with van der Waals surface area (Å²) in [4.78, 5) is 0.205. The zero-order chi connectivity index (χ0) is 13.8. The van der Waals surface area contributed by atoms with Gasteiger partial charge >= 0.3 is 0 Å². The molecule has 0 aliphatic rings. The third-order valence-corrected chi connectivity index (χ3v) is 5.80. The lowest BCUT2D eigenvalue weighted by Gasteiger charge is -2.20. The Balaban J connectivity index is 3.19. The Morgan fingerprint density at radius 2 is 2.06 bits per heavy atom. The molecule has 0 heterocycles. The highest BCUT2D eigenvalue weighted by atomic mass is 79.9. The Morgan fingerprint density at radius 1 is 1.39 bits per heavy atom. The molecule has 0 bridgehead atoms. The summed E-state index contributed by atoms with van der Waals surface area (Å²) in [5.74, 6) is 0. The van der Waals surface area contributed by atoms with Gasteiger partial charge in [-0.05, 0) is 34.1 Å². The SMILES string of the molecule is CCN(CCC#N)S(=O)(=O)c1cc(Br)ccc1Br. The summed E-state index contributed by atoms with van der Waals surface area (Å²) in [7, 11) is -3.57. The van der Waals surface area contributed by atoms with Crippen molar-refractivity contribution in [2.45, 2.75) is 18.2 Å². The molecule has 0 N–H and O–H groups in total. The van der Waals surface area contributed by atoms with Crippen LogP contribution in [-0.4, -0.2) is 25.8 Å². The van der Waals surface area contributed by atoms with Gasteiger partial charge in [-0.25, -0.2) is 8.42 Å². The van der Waals surface area contributed by atoms with Gasteiger partial charge in [0.2, 0.25) is 10.0 Å². The lowest BCUT2D eigenvalue weighted by Crippen LogP contribution is -2.32. The van der Waals surface area contributed by atoms with E-state index in [1.165, 1.54) is 4.31 Å². The van der Waals surface area contributed by atoms with Crippen molar-refractivity contribution < 1.29 is 8.42 Å². The van der Waals surface area contributed by atoms with E-state index in [0.29, 0.717) is 15.5 Å². The summed E-state index contributed by atoms with van der Waals surface area (Å²) >= 11 is 6.50. The molecule has 0 aliphatic heterocycles. The molecule has 18 heavy (non-hydrogen) atoms. The fourth-order valence-corrected chi connectivity index (χ4v) is 4.35. The number of nitriles is 1. The minimum absolute atomic E-state index is 0.179.